The molecule has 0 saturated heterocycles. The molecule has 0 N–H and O–H groups in total. The van der Waals surface area contributed by atoms with Crippen molar-refractivity contribution in [3.8, 4) is 12.3 Å². The Labute approximate surface area is 83.6 Å². The van der Waals surface area contributed by atoms with Gasteiger partial charge in [-0.1, -0.05) is 5.92 Å². The number of nitrogens with zero attached hydrogens (tertiary/aromatic N) is 2. The molecule has 0 bridgehead atoms. The summed E-state index contributed by atoms with van der Waals surface area (Å²) in [6, 6.07) is 0.171. The van der Waals surface area contributed by atoms with Crippen LogP contribution >= 0.6 is 11.3 Å². The van der Waals surface area contributed by atoms with Gasteiger partial charge in [0.15, 0.2) is 0 Å². The van der Waals surface area contributed by atoms with Crippen molar-refractivity contribution < 1.29 is 0 Å². The molecule has 1 unspecified atom stereocenters. The molecule has 0 aliphatic rings. The van der Waals surface area contributed by atoms with Crippen LogP contribution in [-0.2, 0) is 6.54 Å². The molecule has 1 heterocycles. The summed E-state index contributed by atoms with van der Waals surface area (Å²) < 4.78 is 0. The van der Waals surface area contributed by atoms with Gasteiger partial charge in [0.2, 0.25) is 0 Å². The van der Waals surface area contributed by atoms with Gasteiger partial charge in [-0.3, -0.25) is 4.90 Å². The van der Waals surface area contributed by atoms with Crippen molar-refractivity contribution in [2.75, 3.05) is 7.05 Å². The molecule has 0 saturated carbocycles. The number of aromatic nitrogens is 1. The third-order valence-corrected chi connectivity index (χ3v) is 2.91. The molecular formula is C10H14N2S. The van der Waals surface area contributed by atoms with Gasteiger partial charge in [-0.2, -0.15) is 0 Å². The summed E-state index contributed by atoms with van der Waals surface area (Å²) in [4.78, 5) is 6.49. The minimum Gasteiger partial charge on any atom is -0.286 e. The molecule has 70 valence electrons. The highest BCUT2D eigenvalue weighted by Crippen LogP contribution is 2.11. The van der Waals surface area contributed by atoms with Gasteiger partial charge in [0.1, 0.15) is 5.01 Å². The van der Waals surface area contributed by atoms with Crippen LogP contribution in [-0.4, -0.2) is 23.0 Å². The predicted octanol–water partition coefficient (Wildman–Crippen LogP) is 1.91. The summed E-state index contributed by atoms with van der Waals surface area (Å²) in [5.41, 5.74) is 1.08. The van der Waals surface area contributed by atoms with Crippen LogP contribution in [0.15, 0.2) is 5.38 Å². The molecule has 2 nitrogen and oxygen atoms in total. The fraction of sp³-hybridized carbons (Fsp3) is 0.500. The lowest BCUT2D eigenvalue weighted by Crippen LogP contribution is -2.26. The average molecular weight is 194 g/mol. The lowest BCUT2D eigenvalue weighted by molar-refractivity contribution is 0.296. The number of thiazole rings is 1. The van der Waals surface area contributed by atoms with Crippen molar-refractivity contribution in [2.45, 2.75) is 26.4 Å². The SMILES string of the molecule is C#CC(C)N(C)Cc1nc(C)cs1. The predicted molar refractivity (Wildman–Crippen MR) is 56.6 cm³/mol. The normalized spacial score (nSPS) is 12.8. The fourth-order valence-corrected chi connectivity index (χ4v) is 1.79. The second-order valence-electron chi connectivity index (χ2n) is 3.14. The Morgan fingerprint density at radius 2 is 2.46 bits per heavy atom. The lowest BCUT2D eigenvalue weighted by atomic mass is 10.3. The maximum Gasteiger partial charge on any atom is 0.107 e. The average Bonchev–Trinajstić information content (AvgIpc) is 2.49. The quantitative estimate of drug-likeness (QED) is 0.683. The Kier molecular flexibility index (Phi) is 3.47. The van der Waals surface area contributed by atoms with Gasteiger partial charge in [0.05, 0.1) is 12.6 Å². The summed E-state index contributed by atoms with van der Waals surface area (Å²) >= 11 is 1.68. The zero-order valence-electron chi connectivity index (χ0n) is 8.24. The molecule has 0 fully saturated rings. The topological polar surface area (TPSA) is 16.1 Å². The van der Waals surface area contributed by atoms with Crippen molar-refractivity contribution >= 4 is 11.3 Å². The van der Waals surface area contributed by atoms with Crippen LogP contribution in [0, 0.1) is 19.3 Å². The maximum atomic E-state index is 5.32. The molecule has 0 aromatic carbocycles. The zero-order valence-corrected chi connectivity index (χ0v) is 9.06. The standard InChI is InChI=1S/C10H14N2S/c1-5-9(3)12(4)6-10-11-8(2)7-13-10/h1,7,9H,6H2,2-4H3. The summed E-state index contributed by atoms with van der Waals surface area (Å²) in [5.74, 6) is 2.69. The van der Waals surface area contributed by atoms with E-state index in [1.54, 1.807) is 11.3 Å². The lowest BCUT2D eigenvalue weighted by Gasteiger charge is -2.18. The van der Waals surface area contributed by atoms with E-state index in [2.05, 4.69) is 21.2 Å². The Bertz CT molecular complexity index is 311. The fourth-order valence-electron chi connectivity index (χ4n) is 0.953. The van der Waals surface area contributed by atoms with E-state index in [0.29, 0.717) is 0 Å². The van der Waals surface area contributed by atoms with E-state index in [4.69, 9.17) is 6.42 Å². The van der Waals surface area contributed by atoms with Gasteiger partial charge < -0.3 is 0 Å². The van der Waals surface area contributed by atoms with E-state index in [0.717, 1.165) is 17.2 Å². The molecule has 0 aliphatic heterocycles. The van der Waals surface area contributed by atoms with Crippen LogP contribution in [0.2, 0.25) is 0 Å². The van der Waals surface area contributed by atoms with Gasteiger partial charge in [-0.25, -0.2) is 4.98 Å². The van der Waals surface area contributed by atoms with Gasteiger partial charge in [-0.15, -0.1) is 17.8 Å². The third-order valence-electron chi connectivity index (χ3n) is 1.95. The van der Waals surface area contributed by atoms with Crippen molar-refractivity contribution in [3.63, 3.8) is 0 Å². The number of aryl methyl sites for hydroxylation is 1. The molecule has 1 aromatic heterocycles. The van der Waals surface area contributed by atoms with Gasteiger partial charge >= 0.3 is 0 Å². The number of rotatable bonds is 3. The summed E-state index contributed by atoms with van der Waals surface area (Å²) in [7, 11) is 2.02. The van der Waals surface area contributed by atoms with Crippen LogP contribution < -0.4 is 0 Å². The summed E-state index contributed by atoms with van der Waals surface area (Å²) in [5, 5.41) is 3.19. The first-order chi connectivity index (χ1) is 6.13. The van der Waals surface area contributed by atoms with E-state index in [9.17, 15) is 0 Å². The minimum atomic E-state index is 0.171. The number of hydrogen-bond acceptors (Lipinski definition) is 3. The Balaban J connectivity index is 2.55. The van der Waals surface area contributed by atoms with Crippen molar-refractivity contribution in [1.29, 1.82) is 0 Å². The summed E-state index contributed by atoms with van der Waals surface area (Å²) in [6.45, 7) is 4.86. The highest BCUT2D eigenvalue weighted by atomic mass is 32.1. The van der Waals surface area contributed by atoms with Gasteiger partial charge in [0, 0.05) is 11.1 Å². The van der Waals surface area contributed by atoms with Gasteiger partial charge in [-0.05, 0) is 20.9 Å². The summed E-state index contributed by atoms with van der Waals surface area (Å²) in [6.07, 6.45) is 5.32. The molecule has 0 spiro atoms. The molecule has 1 atom stereocenters. The Hall–Kier alpha value is -0.850. The zero-order chi connectivity index (χ0) is 9.84. The van der Waals surface area contributed by atoms with Crippen LogP contribution in [0.3, 0.4) is 0 Å². The molecule has 0 amide bonds. The van der Waals surface area contributed by atoms with Crippen molar-refractivity contribution in [2.24, 2.45) is 0 Å². The first kappa shape index (κ1) is 10.2. The van der Waals surface area contributed by atoms with Crippen LogP contribution in [0.1, 0.15) is 17.6 Å². The molecular weight excluding hydrogens is 180 g/mol. The minimum absolute atomic E-state index is 0.171. The van der Waals surface area contributed by atoms with E-state index < -0.39 is 0 Å². The molecule has 0 aliphatic carbocycles. The Morgan fingerprint density at radius 3 is 2.92 bits per heavy atom. The molecule has 0 radical (unpaired) electrons. The largest absolute Gasteiger partial charge is 0.286 e. The molecule has 13 heavy (non-hydrogen) atoms. The van der Waals surface area contributed by atoms with E-state index in [1.165, 1.54) is 0 Å². The molecule has 1 rings (SSSR count). The second-order valence-corrected chi connectivity index (χ2v) is 4.08. The van der Waals surface area contributed by atoms with Crippen molar-refractivity contribution in [1.82, 2.24) is 9.88 Å². The van der Waals surface area contributed by atoms with Crippen LogP contribution in [0.25, 0.3) is 0 Å². The maximum absolute atomic E-state index is 5.32. The number of terminal acetylenes is 1. The van der Waals surface area contributed by atoms with E-state index >= 15 is 0 Å². The van der Waals surface area contributed by atoms with Crippen molar-refractivity contribution in [3.05, 3.63) is 16.1 Å². The highest BCUT2D eigenvalue weighted by Gasteiger charge is 2.08. The van der Waals surface area contributed by atoms with E-state index in [1.807, 2.05) is 20.9 Å². The second kappa shape index (κ2) is 4.40. The Morgan fingerprint density at radius 1 is 1.77 bits per heavy atom. The van der Waals surface area contributed by atoms with Crippen LogP contribution in [0.4, 0.5) is 0 Å². The molecule has 1 aromatic rings. The third kappa shape index (κ3) is 2.83. The first-order valence-corrected chi connectivity index (χ1v) is 5.09. The molecule has 3 heteroatoms. The van der Waals surface area contributed by atoms with E-state index in [-0.39, 0.29) is 6.04 Å². The monoisotopic (exact) mass is 194 g/mol. The number of hydrogen-bond donors (Lipinski definition) is 0. The smallest absolute Gasteiger partial charge is 0.107 e. The first-order valence-electron chi connectivity index (χ1n) is 4.21. The van der Waals surface area contributed by atoms with Crippen LogP contribution in [0.5, 0.6) is 0 Å². The van der Waals surface area contributed by atoms with Gasteiger partial charge in [0.25, 0.3) is 0 Å². The highest BCUT2D eigenvalue weighted by molar-refractivity contribution is 7.09.